The molecule has 0 saturated heterocycles. The maximum Gasteiger partial charge on any atom is 0.0601 e. The Morgan fingerprint density at radius 1 is 1.00 bits per heavy atom. The van der Waals surface area contributed by atoms with Crippen molar-refractivity contribution < 1.29 is 0 Å². The molecule has 0 aliphatic carbocycles. The summed E-state index contributed by atoms with van der Waals surface area (Å²) in [6, 6.07) is 17.5. The smallest absolute Gasteiger partial charge is 0.0601 e. The second-order valence-corrected chi connectivity index (χ2v) is 8.00. The van der Waals surface area contributed by atoms with Gasteiger partial charge in [0.1, 0.15) is 0 Å². The normalized spacial score (nSPS) is 15.0. The predicted octanol–water partition coefficient (Wildman–Crippen LogP) is 7.66. The summed E-state index contributed by atoms with van der Waals surface area (Å²) in [6.45, 7) is 14.9. The average Bonchev–Trinajstić information content (AvgIpc) is 2.67. The molecular formula is C24H27NS. The van der Waals surface area contributed by atoms with Crippen LogP contribution < -0.4 is 4.90 Å². The quantitative estimate of drug-likeness (QED) is 0.519. The van der Waals surface area contributed by atoms with Gasteiger partial charge in [-0.25, -0.2) is 0 Å². The highest BCUT2D eigenvalue weighted by atomic mass is 32.2. The standard InChI is InChI=1S/C24H27NS/c1-6-20(17(4)5)18-13-15-19(16-14-18)25-21(7-2)23(8-3)26-24-12-10-9-11-22(24)25/h7-17,20H,2-3,6H2,1,4-5H3. The molecule has 1 nitrogen and oxygen atoms in total. The number of para-hydroxylation sites is 1. The zero-order chi connectivity index (χ0) is 18.7. The first-order valence-electron chi connectivity index (χ1n) is 9.26. The van der Waals surface area contributed by atoms with E-state index in [4.69, 9.17) is 0 Å². The fourth-order valence-corrected chi connectivity index (χ4v) is 4.73. The number of thioether (sulfide) groups is 1. The van der Waals surface area contributed by atoms with E-state index in [1.54, 1.807) is 11.8 Å². The zero-order valence-corrected chi connectivity index (χ0v) is 16.7. The number of fused-ring (bicyclic) bond motifs is 1. The molecule has 1 aliphatic rings. The van der Waals surface area contributed by atoms with Crippen LogP contribution in [0.2, 0.25) is 0 Å². The molecule has 2 heteroatoms. The second-order valence-electron chi connectivity index (χ2n) is 6.91. The number of anilines is 2. The van der Waals surface area contributed by atoms with Gasteiger partial charge < -0.3 is 4.90 Å². The van der Waals surface area contributed by atoms with E-state index >= 15 is 0 Å². The number of nitrogens with zero attached hydrogens (tertiary/aromatic N) is 1. The SMILES string of the molecule is C=CC1=C(C=C)N(c2ccc(C(CC)C(C)C)cc2)c2ccccc2S1. The van der Waals surface area contributed by atoms with E-state index < -0.39 is 0 Å². The molecule has 0 N–H and O–H groups in total. The Hall–Kier alpha value is -2.19. The van der Waals surface area contributed by atoms with Crippen molar-refractivity contribution in [1.29, 1.82) is 0 Å². The molecule has 1 aliphatic heterocycles. The van der Waals surface area contributed by atoms with Crippen molar-refractivity contribution in [3.05, 3.63) is 90.0 Å². The highest BCUT2D eigenvalue weighted by Crippen LogP contribution is 2.47. The number of benzene rings is 2. The van der Waals surface area contributed by atoms with E-state index in [0.717, 1.165) is 16.3 Å². The third kappa shape index (κ3) is 3.39. The van der Waals surface area contributed by atoms with Crippen LogP contribution in [0.4, 0.5) is 11.4 Å². The molecule has 0 fully saturated rings. The van der Waals surface area contributed by atoms with Gasteiger partial charge in [-0.15, -0.1) is 0 Å². The van der Waals surface area contributed by atoms with Gasteiger partial charge in [0, 0.05) is 15.5 Å². The van der Waals surface area contributed by atoms with Crippen LogP contribution in [0.25, 0.3) is 0 Å². The minimum Gasteiger partial charge on any atom is -0.308 e. The van der Waals surface area contributed by atoms with Gasteiger partial charge in [0.05, 0.1) is 11.4 Å². The molecule has 2 aromatic rings. The van der Waals surface area contributed by atoms with Crippen molar-refractivity contribution in [3.63, 3.8) is 0 Å². The summed E-state index contributed by atoms with van der Waals surface area (Å²) in [5.41, 5.74) is 4.86. The zero-order valence-electron chi connectivity index (χ0n) is 15.9. The van der Waals surface area contributed by atoms with Gasteiger partial charge in [0.2, 0.25) is 0 Å². The molecule has 0 bridgehead atoms. The number of hydrogen-bond acceptors (Lipinski definition) is 2. The van der Waals surface area contributed by atoms with E-state index in [2.05, 4.69) is 87.4 Å². The third-order valence-electron chi connectivity index (χ3n) is 5.02. The summed E-state index contributed by atoms with van der Waals surface area (Å²) in [7, 11) is 0. The van der Waals surface area contributed by atoms with Gasteiger partial charge in [-0.3, -0.25) is 0 Å². The fraction of sp³-hybridized carbons (Fsp3) is 0.250. The first-order valence-corrected chi connectivity index (χ1v) is 10.1. The highest BCUT2D eigenvalue weighted by Gasteiger charge is 2.24. The van der Waals surface area contributed by atoms with Gasteiger partial charge in [-0.05, 0) is 54.2 Å². The lowest BCUT2D eigenvalue weighted by atomic mass is 9.86. The lowest BCUT2D eigenvalue weighted by Gasteiger charge is -2.33. The van der Waals surface area contributed by atoms with E-state index in [1.807, 2.05) is 12.2 Å². The molecule has 0 radical (unpaired) electrons. The molecular weight excluding hydrogens is 334 g/mol. The summed E-state index contributed by atoms with van der Waals surface area (Å²) in [5.74, 6) is 1.25. The Morgan fingerprint density at radius 3 is 2.27 bits per heavy atom. The summed E-state index contributed by atoms with van der Waals surface area (Å²) < 4.78 is 0. The van der Waals surface area contributed by atoms with Crippen molar-refractivity contribution in [2.24, 2.45) is 5.92 Å². The van der Waals surface area contributed by atoms with Crippen LogP contribution in [0.3, 0.4) is 0 Å². The molecule has 134 valence electrons. The minimum atomic E-state index is 0.603. The summed E-state index contributed by atoms with van der Waals surface area (Å²) in [5, 5.41) is 0. The molecule has 3 rings (SSSR count). The minimum absolute atomic E-state index is 0.603. The largest absolute Gasteiger partial charge is 0.308 e. The van der Waals surface area contributed by atoms with Crippen LogP contribution in [0.15, 0.2) is 89.3 Å². The van der Waals surface area contributed by atoms with Crippen LogP contribution in [0.5, 0.6) is 0 Å². The Balaban J connectivity index is 2.07. The number of allylic oxidation sites excluding steroid dienone is 2. The predicted molar refractivity (Wildman–Crippen MR) is 116 cm³/mol. The number of rotatable bonds is 6. The molecule has 26 heavy (non-hydrogen) atoms. The van der Waals surface area contributed by atoms with E-state index in [9.17, 15) is 0 Å². The molecule has 2 aromatic carbocycles. The van der Waals surface area contributed by atoms with Gasteiger partial charge in [-0.1, -0.05) is 76.0 Å². The lowest BCUT2D eigenvalue weighted by Crippen LogP contribution is -2.19. The Labute approximate surface area is 162 Å². The van der Waals surface area contributed by atoms with E-state index in [0.29, 0.717) is 11.8 Å². The third-order valence-corrected chi connectivity index (χ3v) is 6.18. The van der Waals surface area contributed by atoms with E-state index in [-0.39, 0.29) is 0 Å². The van der Waals surface area contributed by atoms with Crippen molar-refractivity contribution in [1.82, 2.24) is 0 Å². The molecule has 0 amide bonds. The molecule has 1 unspecified atom stereocenters. The lowest BCUT2D eigenvalue weighted by molar-refractivity contribution is 0.485. The second kappa shape index (κ2) is 8.01. The van der Waals surface area contributed by atoms with Crippen LogP contribution in [-0.2, 0) is 0 Å². The maximum atomic E-state index is 4.05. The van der Waals surface area contributed by atoms with Crippen LogP contribution in [-0.4, -0.2) is 0 Å². The Morgan fingerprint density at radius 2 is 1.69 bits per heavy atom. The Bertz CT molecular complexity index is 830. The van der Waals surface area contributed by atoms with Gasteiger partial charge in [0.25, 0.3) is 0 Å². The Kier molecular flexibility index (Phi) is 5.73. The van der Waals surface area contributed by atoms with Crippen LogP contribution in [0.1, 0.15) is 38.7 Å². The van der Waals surface area contributed by atoms with E-state index in [1.165, 1.54) is 22.6 Å². The maximum absolute atomic E-state index is 4.05. The van der Waals surface area contributed by atoms with Gasteiger partial charge >= 0.3 is 0 Å². The molecule has 0 spiro atoms. The van der Waals surface area contributed by atoms with Crippen molar-refractivity contribution in [2.45, 2.75) is 38.0 Å². The summed E-state index contributed by atoms with van der Waals surface area (Å²) in [6.07, 6.45) is 5.01. The van der Waals surface area contributed by atoms with Gasteiger partial charge in [-0.2, -0.15) is 0 Å². The molecule has 0 saturated carbocycles. The average molecular weight is 362 g/mol. The molecule has 1 heterocycles. The van der Waals surface area contributed by atoms with Crippen LogP contribution >= 0.6 is 11.8 Å². The molecule has 1 atom stereocenters. The van der Waals surface area contributed by atoms with Crippen molar-refractivity contribution >= 4 is 23.1 Å². The number of hydrogen-bond donors (Lipinski definition) is 0. The topological polar surface area (TPSA) is 3.24 Å². The molecule has 0 aromatic heterocycles. The highest BCUT2D eigenvalue weighted by molar-refractivity contribution is 8.03. The van der Waals surface area contributed by atoms with Gasteiger partial charge in [0.15, 0.2) is 0 Å². The summed E-state index contributed by atoms with van der Waals surface area (Å²) in [4.78, 5) is 4.66. The monoisotopic (exact) mass is 361 g/mol. The van der Waals surface area contributed by atoms with Crippen LogP contribution in [0, 0.1) is 5.92 Å². The fourth-order valence-electron chi connectivity index (χ4n) is 3.72. The van der Waals surface area contributed by atoms with Crippen molar-refractivity contribution in [2.75, 3.05) is 4.90 Å². The first kappa shape index (κ1) is 18.6. The summed E-state index contributed by atoms with van der Waals surface area (Å²) >= 11 is 1.75. The van der Waals surface area contributed by atoms with Crippen molar-refractivity contribution in [3.8, 4) is 0 Å². The first-order chi connectivity index (χ1) is 12.6.